The molecular formula is C12H27NO2. The Morgan fingerprint density at radius 2 is 1.93 bits per heavy atom. The SMILES string of the molecule is CCCC(C)NCC(C)OCCCOC. The zero-order valence-electron chi connectivity index (χ0n) is 10.7. The lowest BCUT2D eigenvalue weighted by Crippen LogP contribution is -2.33. The standard InChI is InChI=1S/C12H27NO2/c1-5-7-11(2)13-10-12(3)15-9-6-8-14-4/h11-13H,5-10H2,1-4H3. The molecule has 0 radical (unpaired) electrons. The lowest BCUT2D eigenvalue weighted by atomic mass is 10.2. The van der Waals surface area contributed by atoms with Crippen molar-refractivity contribution in [2.24, 2.45) is 0 Å². The summed E-state index contributed by atoms with van der Waals surface area (Å²) in [6, 6.07) is 0.597. The van der Waals surface area contributed by atoms with Crippen molar-refractivity contribution in [1.29, 1.82) is 0 Å². The largest absolute Gasteiger partial charge is 0.385 e. The van der Waals surface area contributed by atoms with Crippen molar-refractivity contribution in [2.45, 2.75) is 52.2 Å². The van der Waals surface area contributed by atoms with Crippen LogP contribution in [-0.4, -0.2) is 39.0 Å². The molecule has 0 aliphatic carbocycles. The summed E-state index contributed by atoms with van der Waals surface area (Å²) in [4.78, 5) is 0. The monoisotopic (exact) mass is 217 g/mol. The average molecular weight is 217 g/mol. The second-order valence-electron chi connectivity index (χ2n) is 4.13. The molecule has 0 aromatic carbocycles. The highest BCUT2D eigenvalue weighted by Crippen LogP contribution is 1.97. The minimum atomic E-state index is 0.293. The maximum Gasteiger partial charge on any atom is 0.0671 e. The predicted molar refractivity (Wildman–Crippen MR) is 64.3 cm³/mol. The molecule has 0 fully saturated rings. The first kappa shape index (κ1) is 14.9. The fourth-order valence-corrected chi connectivity index (χ4v) is 1.45. The van der Waals surface area contributed by atoms with Crippen LogP contribution in [0.4, 0.5) is 0 Å². The number of hydrogen-bond donors (Lipinski definition) is 1. The second kappa shape index (κ2) is 10.4. The second-order valence-corrected chi connectivity index (χ2v) is 4.13. The highest BCUT2D eigenvalue weighted by molar-refractivity contribution is 4.62. The molecule has 0 amide bonds. The first-order chi connectivity index (χ1) is 7.20. The zero-order valence-corrected chi connectivity index (χ0v) is 10.7. The third-order valence-electron chi connectivity index (χ3n) is 2.37. The highest BCUT2D eigenvalue weighted by Gasteiger charge is 2.04. The Kier molecular flexibility index (Phi) is 10.3. The van der Waals surface area contributed by atoms with E-state index in [0.29, 0.717) is 12.1 Å². The molecule has 3 heteroatoms. The zero-order chi connectivity index (χ0) is 11.5. The Morgan fingerprint density at radius 1 is 1.20 bits per heavy atom. The maximum atomic E-state index is 5.63. The molecule has 2 atom stereocenters. The van der Waals surface area contributed by atoms with Crippen LogP contribution < -0.4 is 5.32 Å². The molecule has 1 N–H and O–H groups in total. The van der Waals surface area contributed by atoms with Gasteiger partial charge in [-0.1, -0.05) is 13.3 Å². The molecule has 0 aliphatic rings. The van der Waals surface area contributed by atoms with Gasteiger partial charge in [-0.2, -0.15) is 0 Å². The number of ether oxygens (including phenoxy) is 2. The Bertz CT molecular complexity index is 131. The van der Waals surface area contributed by atoms with Gasteiger partial charge in [-0.3, -0.25) is 0 Å². The van der Waals surface area contributed by atoms with Gasteiger partial charge >= 0.3 is 0 Å². The number of hydrogen-bond acceptors (Lipinski definition) is 3. The van der Waals surface area contributed by atoms with Gasteiger partial charge in [0.15, 0.2) is 0 Å². The van der Waals surface area contributed by atoms with E-state index in [1.54, 1.807) is 7.11 Å². The van der Waals surface area contributed by atoms with Gasteiger partial charge in [-0.05, 0) is 26.7 Å². The quantitative estimate of drug-likeness (QED) is 0.569. The van der Waals surface area contributed by atoms with Crippen molar-refractivity contribution >= 4 is 0 Å². The molecule has 0 bridgehead atoms. The molecular weight excluding hydrogens is 190 g/mol. The maximum absolute atomic E-state index is 5.63. The van der Waals surface area contributed by atoms with E-state index in [2.05, 4.69) is 26.1 Å². The van der Waals surface area contributed by atoms with Crippen LogP contribution in [0.15, 0.2) is 0 Å². The van der Waals surface area contributed by atoms with E-state index in [4.69, 9.17) is 9.47 Å². The number of rotatable bonds is 10. The van der Waals surface area contributed by atoms with Crippen LogP contribution in [0.5, 0.6) is 0 Å². The molecule has 92 valence electrons. The van der Waals surface area contributed by atoms with E-state index in [0.717, 1.165) is 26.2 Å². The summed E-state index contributed by atoms with van der Waals surface area (Å²) in [5.41, 5.74) is 0. The van der Waals surface area contributed by atoms with Crippen LogP contribution in [0.25, 0.3) is 0 Å². The third-order valence-corrected chi connectivity index (χ3v) is 2.37. The van der Waals surface area contributed by atoms with Gasteiger partial charge in [0.1, 0.15) is 0 Å². The van der Waals surface area contributed by atoms with Gasteiger partial charge in [0, 0.05) is 32.9 Å². The van der Waals surface area contributed by atoms with Gasteiger partial charge in [0.05, 0.1) is 6.10 Å². The molecule has 0 saturated carbocycles. The van der Waals surface area contributed by atoms with Crippen molar-refractivity contribution in [1.82, 2.24) is 5.32 Å². The average Bonchev–Trinajstić information content (AvgIpc) is 2.22. The molecule has 0 spiro atoms. The van der Waals surface area contributed by atoms with Gasteiger partial charge in [-0.15, -0.1) is 0 Å². The molecule has 0 heterocycles. The third kappa shape index (κ3) is 10.2. The van der Waals surface area contributed by atoms with E-state index in [9.17, 15) is 0 Å². The summed E-state index contributed by atoms with van der Waals surface area (Å²) >= 11 is 0. The summed E-state index contributed by atoms with van der Waals surface area (Å²) < 4.78 is 10.6. The van der Waals surface area contributed by atoms with E-state index >= 15 is 0 Å². The minimum Gasteiger partial charge on any atom is -0.385 e. The van der Waals surface area contributed by atoms with E-state index < -0.39 is 0 Å². The molecule has 2 unspecified atom stereocenters. The van der Waals surface area contributed by atoms with Crippen molar-refractivity contribution < 1.29 is 9.47 Å². The lowest BCUT2D eigenvalue weighted by Gasteiger charge is -2.17. The summed E-state index contributed by atoms with van der Waals surface area (Å²) in [7, 11) is 1.72. The van der Waals surface area contributed by atoms with Crippen LogP contribution >= 0.6 is 0 Å². The van der Waals surface area contributed by atoms with Gasteiger partial charge in [0.25, 0.3) is 0 Å². The Labute approximate surface area is 94.5 Å². The molecule has 0 aromatic heterocycles. The molecule has 0 saturated heterocycles. The smallest absolute Gasteiger partial charge is 0.0671 e. The first-order valence-corrected chi connectivity index (χ1v) is 6.04. The van der Waals surface area contributed by atoms with Crippen LogP contribution in [-0.2, 0) is 9.47 Å². The van der Waals surface area contributed by atoms with E-state index in [-0.39, 0.29) is 0 Å². The predicted octanol–water partition coefficient (Wildman–Crippen LogP) is 2.21. The van der Waals surface area contributed by atoms with Crippen molar-refractivity contribution in [3.8, 4) is 0 Å². The Balaban J connectivity index is 3.28. The van der Waals surface area contributed by atoms with Crippen LogP contribution in [0.3, 0.4) is 0 Å². The van der Waals surface area contributed by atoms with Crippen LogP contribution in [0.2, 0.25) is 0 Å². The van der Waals surface area contributed by atoms with Crippen molar-refractivity contribution in [3.05, 3.63) is 0 Å². The van der Waals surface area contributed by atoms with E-state index in [1.807, 2.05) is 0 Å². The summed E-state index contributed by atoms with van der Waals surface area (Å²) in [5.74, 6) is 0. The Hall–Kier alpha value is -0.120. The fourth-order valence-electron chi connectivity index (χ4n) is 1.45. The van der Waals surface area contributed by atoms with Gasteiger partial charge < -0.3 is 14.8 Å². The Morgan fingerprint density at radius 3 is 2.53 bits per heavy atom. The van der Waals surface area contributed by atoms with Gasteiger partial charge in [0.2, 0.25) is 0 Å². The summed E-state index contributed by atoms with van der Waals surface area (Å²) in [5, 5.41) is 3.47. The van der Waals surface area contributed by atoms with E-state index in [1.165, 1.54) is 12.8 Å². The molecule has 3 nitrogen and oxygen atoms in total. The summed E-state index contributed by atoms with van der Waals surface area (Å²) in [6.07, 6.45) is 3.74. The molecule has 0 aliphatic heterocycles. The van der Waals surface area contributed by atoms with Crippen molar-refractivity contribution in [2.75, 3.05) is 26.9 Å². The number of methoxy groups -OCH3 is 1. The molecule has 15 heavy (non-hydrogen) atoms. The first-order valence-electron chi connectivity index (χ1n) is 6.04. The van der Waals surface area contributed by atoms with Gasteiger partial charge in [-0.25, -0.2) is 0 Å². The lowest BCUT2D eigenvalue weighted by molar-refractivity contribution is 0.0490. The van der Waals surface area contributed by atoms with Crippen LogP contribution in [0.1, 0.15) is 40.0 Å². The number of nitrogens with one attached hydrogen (secondary N) is 1. The normalized spacial score (nSPS) is 15.2. The minimum absolute atomic E-state index is 0.293. The van der Waals surface area contributed by atoms with Crippen LogP contribution in [0, 0.1) is 0 Å². The molecule has 0 aromatic rings. The highest BCUT2D eigenvalue weighted by atomic mass is 16.5. The molecule has 0 rings (SSSR count). The van der Waals surface area contributed by atoms with Crippen molar-refractivity contribution in [3.63, 3.8) is 0 Å². The summed E-state index contributed by atoms with van der Waals surface area (Å²) in [6.45, 7) is 9.06. The fraction of sp³-hybridized carbons (Fsp3) is 1.00. The topological polar surface area (TPSA) is 30.5 Å².